The molecule has 0 aliphatic carbocycles. The zero-order valence-corrected chi connectivity index (χ0v) is 13.1. The first-order valence-electron chi connectivity index (χ1n) is 6.88. The van der Waals surface area contributed by atoms with Crippen LogP contribution in [0.25, 0.3) is 0 Å². The van der Waals surface area contributed by atoms with Crippen molar-refractivity contribution < 1.29 is 0 Å². The molecule has 0 aliphatic heterocycles. The number of benzene rings is 1. The number of aryl methyl sites for hydroxylation is 1. The predicted octanol–water partition coefficient (Wildman–Crippen LogP) is 3.68. The maximum atomic E-state index is 8.60. The van der Waals surface area contributed by atoms with Crippen molar-refractivity contribution in [1.29, 1.82) is 5.26 Å². The van der Waals surface area contributed by atoms with Gasteiger partial charge < -0.3 is 5.32 Å². The molecule has 1 aromatic carbocycles. The average molecular weight is 258 g/mol. The van der Waals surface area contributed by atoms with Gasteiger partial charge in [0.1, 0.15) is 0 Å². The topological polar surface area (TPSA) is 35.8 Å². The van der Waals surface area contributed by atoms with Crippen molar-refractivity contribution in [3.63, 3.8) is 0 Å². The van der Waals surface area contributed by atoms with Crippen LogP contribution in [-0.4, -0.2) is 13.1 Å². The van der Waals surface area contributed by atoms with Gasteiger partial charge in [-0.2, -0.15) is 5.26 Å². The highest BCUT2D eigenvalue weighted by molar-refractivity contribution is 5.38. The monoisotopic (exact) mass is 258 g/mol. The largest absolute Gasteiger partial charge is 0.304 e. The first-order chi connectivity index (χ1) is 8.68. The number of nitrogens with zero attached hydrogens (tertiary/aromatic N) is 1. The third kappa shape index (κ3) is 4.08. The molecule has 0 amide bonds. The first-order valence-corrected chi connectivity index (χ1v) is 6.88. The van der Waals surface area contributed by atoms with Gasteiger partial charge in [-0.15, -0.1) is 0 Å². The second-order valence-corrected chi connectivity index (χ2v) is 6.93. The molecular weight excluding hydrogens is 232 g/mol. The third-order valence-electron chi connectivity index (χ3n) is 3.59. The van der Waals surface area contributed by atoms with E-state index in [4.69, 9.17) is 5.26 Å². The molecule has 0 bridgehead atoms. The highest BCUT2D eigenvalue weighted by Crippen LogP contribution is 2.30. The van der Waals surface area contributed by atoms with Gasteiger partial charge in [-0.3, -0.25) is 0 Å². The summed E-state index contributed by atoms with van der Waals surface area (Å²) in [5.74, 6) is 0. The SMILES string of the molecule is Cc1cc(C(C)(C)C)ccc1C(C)(C)CNCC#N. The molecule has 0 saturated heterocycles. The van der Waals surface area contributed by atoms with Crippen LogP contribution in [0.15, 0.2) is 18.2 Å². The maximum absolute atomic E-state index is 8.60. The number of nitriles is 1. The van der Waals surface area contributed by atoms with Gasteiger partial charge in [0.05, 0.1) is 12.6 Å². The van der Waals surface area contributed by atoms with E-state index in [-0.39, 0.29) is 10.8 Å². The normalized spacial score (nSPS) is 12.3. The summed E-state index contributed by atoms with van der Waals surface area (Å²) < 4.78 is 0. The lowest BCUT2D eigenvalue weighted by Gasteiger charge is -2.29. The maximum Gasteiger partial charge on any atom is 0.0841 e. The summed E-state index contributed by atoms with van der Waals surface area (Å²) in [5, 5.41) is 11.8. The van der Waals surface area contributed by atoms with Gasteiger partial charge in [-0.05, 0) is 29.0 Å². The van der Waals surface area contributed by atoms with Crippen molar-refractivity contribution in [3.05, 3.63) is 34.9 Å². The van der Waals surface area contributed by atoms with E-state index in [1.807, 2.05) is 0 Å². The molecule has 0 fully saturated rings. The van der Waals surface area contributed by atoms with Crippen molar-refractivity contribution in [2.75, 3.05) is 13.1 Å². The highest BCUT2D eigenvalue weighted by Gasteiger charge is 2.23. The van der Waals surface area contributed by atoms with Crippen molar-refractivity contribution in [3.8, 4) is 6.07 Å². The van der Waals surface area contributed by atoms with Gasteiger partial charge in [0.2, 0.25) is 0 Å². The Kier molecular flexibility index (Phi) is 4.76. The predicted molar refractivity (Wildman–Crippen MR) is 81.4 cm³/mol. The highest BCUT2D eigenvalue weighted by atomic mass is 14.9. The molecule has 0 heterocycles. The smallest absolute Gasteiger partial charge is 0.0841 e. The Morgan fingerprint density at radius 2 is 1.79 bits per heavy atom. The van der Waals surface area contributed by atoms with Gasteiger partial charge in [0, 0.05) is 12.0 Å². The van der Waals surface area contributed by atoms with Gasteiger partial charge in [0.15, 0.2) is 0 Å². The number of rotatable bonds is 4. The molecule has 0 aliphatic rings. The lowest BCUT2D eigenvalue weighted by atomic mass is 9.78. The number of nitrogens with one attached hydrogen (secondary N) is 1. The van der Waals surface area contributed by atoms with Crippen LogP contribution in [0.4, 0.5) is 0 Å². The molecule has 1 N–H and O–H groups in total. The molecule has 0 atom stereocenters. The zero-order chi connectivity index (χ0) is 14.7. The summed E-state index contributed by atoms with van der Waals surface area (Å²) in [6.45, 7) is 14.5. The minimum Gasteiger partial charge on any atom is -0.304 e. The Morgan fingerprint density at radius 1 is 1.16 bits per heavy atom. The first kappa shape index (κ1) is 15.7. The zero-order valence-electron chi connectivity index (χ0n) is 13.1. The molecular formula is C17H26N2. The van der Waals surface area contributed by atoms with Gasteiger partial charge in [-0.25, -0.2) is 0 Å². The molecule has 1 aromatic rings. The Balaban J connectivity index is 2.99. The summed E-state index contributed by atoms with van der Waals surface area (Å²) in [4.78, 5) is 0. The Morgan fingerprint density at radius 3 is 2.26 bits per heavy atom. The van der Waals surface area contributed by atoms with E-state index in [9.17, 15) is 0 Å². The van der Waals surface area contributed by atoms with E-state index in [1.165, 1.54) is 16.7 Å². The van der Waals surface area contributed by atoms with E-state index in [2.05, 4.69) is 71.1 Å². The minimum absolute atomic E-state index is 0.0390. The van der Waals surface area contributed by atoms with Crippen LogP contribution in [0.2, 0.25) is 0 Å². The van der Waals surface area contributed by atoms with Crippen molar-refractivity contribution in [1.82, 2.24) is 5.32 Å². The molecule has 0 saturated carbocycles. The van der Waals surface area contributed by atoms with E-state index in [0.717, 1.165) is 6.54 Å². The fourth-order valence-electron chi connectivity index (χ4n) is 2.42. The molecule has 19 heavy (non-hydrogen) atoms. The van der Waals surface area contributed by atoms with Crippen molar-refractivity contribution in [2.24, 2.45) is 0 Å². The van der Waals surface area contributed by atoms with E-state index >= 15 is 0 Å². The standard InChI is InChI=1S/C17H26N2/c1-13-11-14(16(2,3)4)7-8-15(13)17(5,6)12-19-10-9-18/h7-8,11,19H,10,12H2,1-6H3. The second kappa shape index (κ2) is 5.75. The van der Waals surface area contributed by atoms with Crippen LogP contribution in [0.5, 0.6) is 0 Å². The summed E-state index contributed by atoms with van der Waals surface area (Å²) in [6, 6.07) is 8.89. The molecule has 2 heteroatoms. The summed E-state index contributed by atoms with van der Waals surface area (Å²) in [7, 11) is 0. The van der Waals surface area contributed by atoms with E-state index in [1.54, 1.807) is 0 Å². The van der Waals surface area contributed by atoms with Crippen LogP contribution < -0.4 is 5.32 Å². The Labute approximate surface area is 117 Å². The molecule has 0 unspecified atom stereocenters. The van der Waals surface area contributed by atoms with Crippen LogP contribution in [-0.2, 0) is 10.8 Å². The van der Waals surface area contributed by atoms with Crippen LogP contribution in [0.3, 0.4) is 0 Å². The van der Waals surface area contributed by atoms with Crippen molar-refractivity contribution in [2.45, 2.75) is 52.4 Å². The van der Waals surface area contributed by atoms with Gasteiger partial charge >= 0.3 is 0 Å². The quantitative estimate of drug-likeness (QED) is 0.660. The average Bonchev–Trinajstić information content (AvgIpc) is 2.27. The molecule has 0 aromatic heterocycles. The van der Waals surface area contributed by atoms with Crippen LogP contribution in [0.1, 0.15) is 51.3 Å². The minimum atomic E-state index is 0.0390. The van der Waals surface area contributed by atoms with Crippen LogP contribution in [0, 0.1) is 18.3 Å². The fourth-order valence-corrected chi connectivity index (χ4v) is 2.42. The lowest BCUT2D eigenvalue weighted by molar-refractivity contribution is 0.481. The molecule has 0 spiro atoms. The molecule has 2 nitrogen and oxygen atoms in total. The lowest BCUT2D eigenvalue weighted by Crippen LogP contribution is -2.33. The van der Waals surface area contributed by atoms with Gasteiger partial charge in [-0.1, -0.05) is 52.8 Å². The van der Waals surface area contributed by atoms with E-state index in [0.29, 0.717) is 6.54 Å². The van der Waals surface area contributed by atoms with E-state index < -0.39 is 0 Å². The second-order valence-electron chi connectivity index (χ2n) is 6.93. The third-order valence-corrected chi connectivity index (χ3v) is 3.59. The summed E-state index contributed by atoms with van der Waals surface area (Å²) in [5.41, 5.74) is 4.28. The molecule has 0 radical (unpaired) electrons. The molecule has 104 valence electrons. The fraction of sp³-hybridized carbons (Fsp3) is 0.588. The Bertz CT molecular complexity index is 473. The number of hydrogen-bond acceptors (Lipinski definition) is 2. The summed E-state index contributed by atoms with van der Waals surface area (Å²) >= 11 is 0. The van der Waals surface area contributed by atoms with Crippen molar-refractivity contribution >= 4 is 0 Å². The molecule has 1 rings (SSSR count). The Hall–Kier alpha value is -1.33. The van der Waals surface area contributed by atoms with Crippen LogP contribution >= 0.6 is 0 Å². The summed E-state index contributed by atoms with van der Waals surface area (Å²) in [6.07, 6.45) is 0. The van der Waals surface area contributed by atoms with Gasteiger partial charge in [0.25, 0.3) is 0 Å². The number of hydrogen-bond donors (Lipinski definition) is 1.